The van der Waals surface area contributed by atoms with Crippen LogP contribution in [0.15, 0.2) is 0 Å². The lowest BCUT2D eigenvalue weighted by molar-refractivity contribution is -0.136. The molecule has 2 heterocycles. The molecule has 2 atom stereocenters. The summed E-state index contributed by atoms with van der Waals surface area (Å²) in [7, 11) is 0. The van der Waals surface area contributed by atoms with Crippen molar-refractivity contribution < 1.29 is 4.74 Å². The van der Waals surface area contributed by atoms with Crippen LogP contribution in [0.1, 0.15) is 91.9 Å². The van der Waals surface area contributed by atoms with Crippen LogP contribution in [0.4, 0.5) is 0 Å². The van der Waals surface area contributed by atoms with E-state index in [1.165, 1.54) is 96.9 Å². The largest absolute Gasteiger partial charge is 0.372 e. The Morgan fingerprint density at radius 1 is 0.852 bits per heavy atom. The van der Waals surface area contributed by atoms with Crippen LogP contribution in [-0.4, -0.2) is 61.3 Å². The van der Waals surface area contributed by atoms with Crippen molar-refractivity contribution >= 4 is 0 Å². The van der Waals surface area contributed by atoms with E-state index >= 15 is 0 Å². The van der Waals surface area contributed by atoms with Crippen LogP contribution < -0.4 is 0 Å². The molecule has 0 saturated carbocycles. The van der Waals surface area contributed by atoms with Gasteiger partial charge in [-0.15, -0.1) is 0 Å². The summed E-state index contributed by atoms with van der Waals surface area (Å²) in [5.41, 5.74) is 0.163. The maximum absolute atomic E-state index is 6.35. The van der Waals surface area contributed by atoms with Crippen molar-refractivity contribution in [1.82, 2.24) is 9.80 Å². The van der Waals surface area contributed by atoms with E-state index in [2.05, 4.69) is 37.5 Å². The minimum absolute atomic E-state index is 0.163. The highest BCUT2D eigenvalue weighted by Crippen LogP contribution is 2.31. The number of morpholine rings is 1. The van der Waals surface area contributed by atoms with E-state index in [0.717, 1.165) is 25.0 Å². The molecule has 27 heavy (non-hydrogen) atoms. The van der Waals surface area contributed by atoms with Gasteiger partial charge >= 0.3 is 0 Å². The molecular formula is C24H48N2O. The SMILES string of the molecule is CCCCCCC(C)CCCN1CCOC2(CCN(CC(C)CC)CC2)C1. The second-order valence-corrected chi connectivity index (χ2v) is 9.72. The molecule has 0 bridgehead atoms. The molecule has 2 saturated heterocycles. The average Bonchev–Trinajstić information content (AvgIpc) is 2.67. The standard InChI is InChI=1S/C24H48N2O/c1-5-7-8-9-11-23(4)12-10-15-26-18-19-27-24(21-26)13-16-25(17-14-24)20-22(3)6-2/h22-23H,5-21H2,1-4H3. The Hall–Kier alpha value is -0.120. The lowest BCUT2D eigenvalue weighted by atomic mass is 9.88. The van der Waals surface area contributed by atoms with Gasteiger partial charge in [-0.1, -0.05) is 66.2 Å². The van der Waals surface area contributed by atoms with Gasteiger partial charge in [-0.25, -0.2) is 0 Å². The van der Waals surface area contributed by atoms with E-state index in [9.17, 15) is 0 Å². The van der Waals surface area contributed by atoms with Crippen LogP contribution in [-0.2, 0) is 4.74 Å². The van der Waals surface area contributed by atoms with Crippen molar-refractivity contribution in [2.24, 2.45) is 11.8 Å². The lowest BCUT2D eigenvalue weighted by Crippen LogP contribution is -2.57. The summed E-state index contributed by atoms with van der Waals surface area (Å²) < 4.78 is 6.35. The maximum Gasteiger partial charge on any atom is 0.0833 e. The number of nitrogens with zero attached hydrogens (tertiary/aromatic N) is 2. The first-order valence-corrected chi connectivity index (χ1v) is 12.2. The van der Waals surface area contributed by atoms with Gasteiger partial charge in [0.1, 0.15) is 0 Å². The van der Waals surface area contributed by atoms with Crippen LogP contribution in [0.3, 0.4) is 0 Å². The summed E-state index contributed by atoms with van der Waals surface area (Å²) >= 11 is 0. The Balaban J connectivity index is 1.63. The van der Waals surface area contributed by atoms with Gasteiger partial charge in [-0.2, -0.15) is 0 Å². The molecule has 3 heteroatoms. The first kappa shape index (κ1) is 23.2. The highest BCUT2D eigenvalue weighted by molar-refractivity contribution is 4.93. The number of rotatable bonds is 12. The molecule has 0 aromatic carbocycles. The zero-order valence-corrected chi connectivity index (χ0v) is 19.0. The zero-order valence-electron chi connectivity index (χ0n) is 19.0. The minimum Gasteiger partial charge on any atom is -0.372 e. The number of unbranched alkanes of at least 4 members (excludes halogenated alkanes) is 3. The molecule has 3 nitrogen and oxygen atoms in total. The second-order valence-electron chi connectivity index (χ2n) is 9.72. The van der Waals surface area contributed by atoms with Crippen LogP contribution in [0.2, 0.25) is 0 Å². The van der Waals surface area contributed by atoms with Gasteiger partial charge in [0.15, 0.2) is 0 Å². The van der Waals surface area contributed by atoms with E-state index < -0.39 is 0 Å². The van der Waals surface area contributed by atoms with E-state index in [4.69, 9.17) is 4.74 Å². The third-order valence-electron chi connectivity index (χ3n) is 7.08. The summed E-state index contributed by atoms with van der Waals surface area (Å²) in [6, 6.07) is 0. The summed E-state index contributed by atoms with van der Waals surface area (Å²) in [6.45, 7) is 17.7. The van der Waals surface area contributed by atoms with E-state index in [-0.39, 0.29) is 5.60 Å². The van der Waals surface area contributed by atoms with Crippen molar-refractivity contribution in [3.8, 4) is 0 Å². The number of hydrogen-bond donors (Lipinski definition) is 0. The zero-order chi connectivity index (χ0) is 19.5. The first-order chi connectivity index (χ1) is 13.1. The summed E-state index contributed by atoms with van der Waals surface area (Å²) in [6.07, 6.45) is 13.6. The van der Waals surface area contributed by atoms with Crippen LogP contribution in [0, 0.1) is 11.8 Å². The molecule has 2 aliphatic rings. The smallest absolute Gasteiger partial charge is 0.0833 e. The van der Waals surface area contributed by atoms with E-state index in [1.807, 2.05) is 0 Å². The van der Waals surface area contributed by atoms with Crippen molar-refractivity contribution in [3.63, 3.8) is 0 Å². The Bertz CT molecular complexity index is 379. The highest BCUT2D eigenvalue weighted by Gasteiger charge is 2.39. The molecule has 2 unspecified atom stereocenters. The van der Waals surface area contributed by atoms with Gasteiger partial charge in [0.05, 0.1) is 12.2 Å². The molecule has 0 radical (unpaired) electrons. The van der Waals surface area contributed by atoms with Crippen molar-refractivity contribution in [2.75, 3.05) is 45.9 Å². The predicted octanol–water partition coefficient (Wildman–Crippen LogP) is 5.59. The van der Waals surface area contributed by atoms with Crippen molar-refractivity contribution in [2.45, 2.75) is 97.5 Å². The quantitative estimate of drug-likeness (QED) is 0.411. The van der Waals surface area contributed by atoms with Crippen molar-refractivity contribution in [3.05, 3.63) is 0 Å². The molecule has 160 valence electrons. The lowest BCUT2D eigenvalue weighted by Gasteiger charge is -2.47. The third kappa shape index (κ3) is 8.41. The maximum atomic E-state index is 6.35. The normalized spacial score (nSPS) is 23.6. The molecule has 2 fully saturated rings. The van der Waals surface area contributed by atoms with Crippen LogP contribution >= 0.6 is 0 Å². The molecule has 2 aliphatic heterocycles. The van der Waals surface area contributed by atoms with Gasteiger partial charge in [0.2, 0.25) is 0 Å². The monoisotopic (exact) mass is 380 g/mol. The summed E-state index contributed by atoms with van der Waals surface area (Å²) in [5.74, 6) is 1.73. The first-order valence-electron chi connectivity index (χ1n) is 12.2. The molecule has 1 spiro atoms. The predicted molar refractivity (Wildman–Crippen MR) is 117 cm³/mol. The molecular weight excluding hydrogens is 332 g/mol. The number of likely N-dealkylation sites (tertiary alicyclic amines) is 1. The molecule has 2 rings (SSSR count). The molecule has 0 aromatic heterocycles. The number of hydrogen-bond acceptors (Lipinski definition) is 3. The van der Waals surface area contributed by atoms with Gasteiger partial charge in [0, 0.05) is 32.7 Å². The number of ether oxygens (including phenoxy) is 1. The van der Waals surface area contributed by atoms with E-state index in [0.29, 0.717) is 0 Å². The van der Waals surface area contributed by atoms with Gasteiger partial charge < -0.3 is 9.64 Å². The second kappa shape index (κ2) is 12.4. The minimum atomic E-state index is 0.163. The molecule has 0 amide bonds. The van der Waals surface area contributed by atoms with Gasteiger partial charge in [-0.3, -0.25) is 4.90 Å². The molecule has 0 aromatic rings. The Morgan fingerprint density at radius 2 is 1.59 bits per heavy atom. The molecule has 0 aliphatic carbocycles. The van der Waals surface area contributed by atoms with Crippen LogP contribution in [0.25, 0.3) is 0 Å². The fourth-order valence-electron chi connectivity index (χ4n) is 4.86. The van der Waals surface area contributed by atoms with Gasteiger partial charge in [0.25, 0.3) is 0 Å². The van der Waals surface area contributed by atoms with Crippen molar-refractivity contribution in [1.29, 1.82) is 0 Å². The van der Waals surface area contributed by atoms with Crippen LogP contribution in [0.5, 0.6) is 0 Å². The topological polar surface area (TPSA) is 15.7 Å². The average molecular weight is 381 g/mol. The highest BCUT2D eigenvalue weighted by atomic mass is 16.5. The Morgan fingerprint density at radius 3 is 2.30 bits per heavy atom. The fourth-order valence-corrected chi connectivity index (χ4v) is 4.86. The molecule has 0 N–H and O–H groups in total. The summed E-state index contributed by atoms with van der Waals surface area (Å²) in [4.78, 5) is 5.37. The van der Waals surface area contributed by atoms with Gasteiger partial charge in [-0.05, 0) is 44.1 Å². The summed E-state index contributed by atoms with van der Waals surface area (Å²) in [5, 5.41) is 0. The Kier molecular flexibility index (Phi) is 10.7. The number of piperidine rings is 1. The Labute approximate surface area is 170 Å². The third-order valence-corrected chi connectivity index (χ3v) is 7.08. The van der Waals surface area contributed by atoms with E-state index in [1.54, 1.807) is 0 Å². The fraction of sp³-hybridized carbons (Fsp3) is 1.00.